The number of anilines is 1. The predicted molar refractivity (Wildman–Crippen MR) is 134 cm³/mol. The monoisotopic (exact) mass is 464 g/mol. The molecule has 33 heavy (non-hydrogen) atoms. The molecule has 0 saturated carbocycles. The van der Waals surface area contributed by atoms with Crippen LogP contribution in [0.1, 0.15) is 30.1 Å². The fourth-order valence-corrected chi connectivity index (χ4v) is 3.08. The Balaban J connectivity index is 1.44. The van der Waals surface area contributed by atoms with E-state index in [1.165, 1.54) is 0 Å². The zero-order valence-corrected chi connectivity index (χ0v) is 19.4. The maximum atomic E-state index is 12.6. The van der Waals surface area contributed by atoms with Crippen molar-refractivity contribution in [2.24, 2.45) is 0 Å². The van der Waals surface area contributed by atoms with Crippen molar-refractivity contribution in [3.63, 3.8) is 0 Å². The number of hydrogen-bond donors (Lipinski definition) is 2. The Morgan fingerprint density at radius 1 is 0.788 bits per heavy atom. The van der Waals surface area contributed by atoms with E-state index in [4.69, 9.17) is 26.4 Å². The molecule has 0 atom stereocenters. The van der Waals surface area contributed by atoms with Gasteiger partial charge in [-0.3, -0.25) is 10.1 Å². The molecule has 0 aliphatic rings. The molecular weight excluding hydrogens is 436 g/mol. The Morgan fingerprint density at radius 3 is 2.15 bits per heavy atom. The smallest absolute Gasteiger partial charge is 0.257 e. The predicted octanol–water partition coefficient (Wildman–Crippen LogP) is 5.45. The van der Waals surface area contributed by atoms with Crippen LogP contribution >= 0.6 is 12.2 Å². The Labute approximate surface area is 199 Å². The van der Waals surface area contributed by atoms with Crippen LogP contribution in [0.2, 0.25) is 0 Å². The number of unbranched alkanes of at least 4 members (excludes halogenated alkanes) is 1. The van der Waals surface area contributed by atoms with Crippen LogP contribution in [-0.2, 0) is 0 Å². The van der Waals surface area contributed by atoms with Crippen molar-refractivity contribution < 1.29 is 19.0 Å². The lowest BCUT2D eigenvalue weighted by Gasteiger charge is -2.12. The standard InChI is InChI=1S/C26H28N2O4S/c1-2-3-16-30-23-14-12-21(13-15-23)27-26(33)28-25(29)20-8-7-11-24(19-20)32-18-17-31-22-9-5-4-6-10-22/h4-15,19H,2-3,16-18H2,1H3,(H2,27,28,29,33). The lowest BCUT2D eigenvalue weighted by molar-refractivity contribution is 0.0977. The first kappa shape index (κ1) is 24.1. The van der Waals surface area contributed by atoms with Crippen LogP contribution in [-0.4, -0.2) is 30.8 Å². The van der Waals surface area contributed by atoms with E-state index in [2.05, 4.69) is 17.6 Å². The lowest BCUT2D eigenvalue weighted by atomic mass is 10.2. The first-order chi connectivity index (χ1) is 16.1. The summed E-state index contributed by atoms with van der Waals surface area (Å²) in [6.45, 7) is 3.58. The van der Waals surface area contributed by atoms with Gasteiger partial charge >= 0.3 is 0 Å². The maximum Gasteiger partial charge on any atom is 0.257 e. The molecule has 0 fully saturated rings. The molecule has 3 aromatic rings. The van der Waals surface area contributed by atoms with Gasteiger partial charge in [-0.2, -0.15) is 0 Å². The van der Waals surface area contributed by atoms with E-state index in [1.807, 2.05) is 54.6 Å². The third kappa shape index (κ3) is 8.46. The summed E-state index contributed by atoms with van der Waals surface area (Å²) in [5, 5.41) is 5.90. The van der Waals surface area contributed by atoms with Gasteiger partial charge in [-0.15, -0.1) is 0 Å². The third-order valence-electron chi connectivity index (χ3n) is 4.57. The van der Waals surface area contributed by atoms with Gasteiger partial charge in [0.2, 0.25) is 0 Å². The SMILES string of the molecule is CCCCOc1ccc(NC(=S)NC(=O)c2cccc(OCCOc3ccccc3)c2)cc1. The van der Waals surface area contributed by atoms with Crippen LogP contribution < -0.4 is 24.8 Å². The number of nitrogens with one attached hydrogen (secondary N) is 2. The highest BCUT2D eigenvalue weighted by Crippen LogP contribution is 2.17. The molecule has 6 nitrogen and oxygen atoms in total. The van der Waals surface area contributed by atoms with Gasteiger partial charge in [0.05, 0.1) is 6.61 Å². The zero-order valence-electron chi connectivity index (χ0n) is 18.6. The van der Waals surface area contributed by atoms with Gasteiger partial charge in [0.1, 0.15) is 30.5 Å². The minimum Gasteiger partial charge on any atom is -0.494 e. The van der Waals surface area contributed by atoms with Crippen molar-refractivity contribution in [3.8, 4) is 17.2 Å². The fourth-order valence-electron chi connectivity index (χ4n) is 2.87. The van der Waals surface area contributed by atoms with Crippen molar-refractivity contribution >= 4 is 28.9 Å². The number of carbonyl (C=O) groups is 1. The van der Waals surface area contributed by atoms with E-state index in [-0.39, 0.29) is 11.0 Å². The fraction of sp³-hybridized carbons (Fsp3) is 0.231. The number of amides is 1. The van der Waals surface area contributed by atoms with Crippen LogP contribution in [0.25, 0.3) is 0 Å². The lowest BCUT2D eigenvalue weighted by Crippen LogP contribution is -2.34. The topological polar surface area (TPSA) is 68.8 Å². The second-order valence-corrected chi connectivity index (χ2v) is 7.58. The summed E-state index contributed by atoms with van der Waals surface area (Å²) in [5.74, 6) is 1.85. The van der Waals surface area contributed by atoms with Crippen molar-refractivity contribution in [2.45, 2.75) is 19.8 Å². The zero-order chi connectivity index (χ0) is 23.3. The average molecular weight is 465 g/mol. The van der Waals surface area contributed by atoms with Crippen LogP contribution in [0.5, 0.6) is 17.2 Å². The summed E-state index contributed by atoms with van der Waals surface area (Å²) < 4.78 is 17.0. The molecule has 7 heteroatoms. The van der Waals surface area contributed by atoms with Crippen LogP contribution in [0.3, 0.4) is 0 Å². The molecule has 0 spiro atoms. The molecule has 0 heterocycles. The molecule has 0 aromatic heterocycles. The summed E-state index contributed by atoms with van der Waals surface area (Å²) >= 11 is 5.27. The summed E-state index contributed by atoms with van der Waals surface area (Å²) in [7, 11) is 0. The third-order valence-corrected chi connectivity index (χ3v) is 4.77. The average Bonchev–Trinajstić information content (AvgIpc) is 2.84. The minimum atomic E-state index is -0.321. The summed E-state index contributed by atoms with van der Waals surface area (Å²) in [5.41, 5.74) is 1.21. The largest absolute Gasteiger partial charge is 0.494 e. The second-order valence-electron chi connectivity index (χ2n) is 7.17. The van der Waals surface area contributed by atoms with Gasteiger partial charge in [0.15, 0.2) is 5.11 Å². The highest BCUT2D eigenvalue weighted by Gasteiger charge is 2.09. The summed E-state index contributed by atoms with van der Waals surface area (Å²) in [6.07, 6.45) is 2.11. The summed E-state index contributed by atoms with van der Waals surface area (Å²) in [6, 6.07) is 23.9. The number of rotatable bonds is 11. The Bertz CT molecular complexity index is 1030. The first-order valence-corrected chi connectivity index (χ1v) is 11.3. The van der Waals surface area contributed by atoms with Gasteiger partial charge in [-0.25, -0.2) is 0 Å². The summed E-state index contributed by atoms with van der Waals surface area (Å²) in [4.78, 5) is 12.6. The first-order valence-electron chi connectivity index (χ1n) is 10.9. The Morgan fingerprint density at radius 2 is 1.42 bits per heavy atom. The number of para-hydroxylation sites is 1. The van der Waals surface area contributed by atoms with Crippen molar-refractivity contribution in [2.75, 3.05) is 25.1 Å². The van der Waals surface area contributed by atoms with Gasteiger partial charge in [0.25, 0.3) is 5.91 Å². The molecule has 0 saturated heterocycles. The quantitative estimate of drug-likeness (QED) is 0.291. The molecule has 1 amide bonds. The molecule has 0 bridgehead atoms. The molecule has 0 radical (unpaired) electrons. The highest BCUT2D eigenvalue weighted by molar-refractivity contribution is 7.80. The van der Waals surface area contributed by atoms with E-state index in [0.29, 0.717) is 31.1 Å². The second kappa shape index (κ2) is 13.1. The molecule has 3 rings (SSSR count). The van der Waals surface area contributed by atoms with Crippen molar-refractivity contribution in [1.82, 2.24) is 5.32 Å². The molecule has 2 N–H and O–H groups in total. The van der Waals surface area contributed by atoms with E-state index in [0.717, 1.165) is 30.0 Å². The Kier molecular flexibility index (Phi) is 9.54. The van der Waals surface area contributed by atoms with E-state index >= 15 is 0 Å². The van der Waals surface area contributed by atoms with Crippen molar-refractivity contribution in [1.29, 1.82) is 0 Å². The van der Waals surface area contributed by atoms with E-state index < -0.39 is 0 Å². The maximum absolute atomic E-state index is 12.6. The van der Waals surface area contributed by atoms with E-state index in [1.54, 1.807) is 24.3 Å². The molecule has 172 valence electrons. The number of hydrogen-bond acceptors (Lipinski definition) is 5. The normalized spacial score (nSPS) is 10.2. The molecular formula is C26H28N2O4S. The van der Waals surface area contributed by atoms with Gasteiger partial charge < -0.3 is 19.5 Å². The molecule has 0 aliphatic carbocycles. The number of thiocarbonyl (C=S) groups is 1. The van der Waals surface area contributed by atoms with Gasteiger partial charge in [-0.05, 0) is 73.2 Å². The molecule has 3 aromatic carbocycles. The van der Waals surface area contributed by atoms with Crippen molar-refractivity contribution in [3.05, 3.63) is 84.4 Å². The Hall–Kier alpha value is -3.58. The number of benzene rings is 3. The van der Waals surface area contributed by atoms with Crippen LogP contribution in [0.4, 0.5) is 5.69 Å². The van der Waals surface area contributed by atoms with Gasteiger partial charge in [0, 0.05) is 11.3 Å². The number of ether oxygens (including phenoxy) is 3. The van der Waals surface area contributed by atoms with Crippen LogP contribution in [0.15, 0.2) is 78.9 Å². The highest BCUT2D eigenvalue weighted by atomic mass is 32.1. The molecule has 0 unspecified atom stereocenters. The molecule has 0 aliphatic heterocycles. The van der Waals surface area contributed by atoms with E-state index in [9.17, 15) is 4.79 Å². The van der Waals surface area contributed by atoms with Crippen LogP contribution in [0, 0.1) is 0 Å². The minimum absolute atomic E-state index is 0.210. The van der Waals surface area contributed by atoms with Gasteiger partial charge in [-0.1, -0.05) is 37.6 Å². The number of carbonyl (C=O) groups excluding carboxylic acids is 1.